The molecule has 0 aliphatic rings. The fourth-order valence-electron chi connectivity index (χ4n) is 1.78. The number of amides is 2. The Kier molecular flexibility index (Phi) is 7.89. The third kappa shape index (κ3) is 7.31. The van der Waals surface area contributed by atoms with E-state index in [1.165, 1.54) is 0 Å². The Morgan fingerprint density at radius 1 is 1.29 bits per heavy atom. The molecule has 1 atom stereocenters. The molecule has 0 saturated carbocycles. The van der Waals surface area contributed by atoms with Crippen LogP contribution in [0.15, 0.2) is 30.3 Å². The number of nitrogens with one attached hydrogen (secondary N) is 2. The standard InChI is InChI=1S/C15H22N2O4/c1-2-21-10-6-9-16-15(20)17-13(14(18)19)11-12-7-4-3-5-8-12/h3-5,7-8,13H,2,6,9-11H2,1H3,(H,18,19)(H2,16,17,20)/t13-/m0/s1. The first-order valence-corrected chi connectivity index (χ1v) is 7.02. The first-order chi connectivity index (χ1) is 10.1. The summed E-state index contributed by atoms with van der Waals surface area (Å²) in [5, 5.41) is 14.2. The van der Waals surface area contributed by atoms with E-state index in [1.807, 2.05) is 37.3 Å². The van der Waals surface area contributed by atoms with Gasteiger partial charge in [0.25, 0.3) is 0 Å². The Labute approximate surface area is 124 Å². The van der Waals surface area contributed by atoms with Gasteiger partial charge in [-0.2, -0.15) is 0 Å². The van der Waals surface area contributed by atoms with E-state index in [-0.39, 0.29) is 6.42 Å². The lowest BCUT2D eigenvalue weighted by Crippen LogP contribution is -2.47. The van der Waals surface area contributed by atoms with Gasteiger partial charge in [0, 0.05) is 26.2 Å². The molecular formula is C15H22N2O4. The molecule has 116 valence electrons. The first-order valence-electron chi connectivity index (χ1n) is 7.02. The second-order valence-electron chi connectivity index (χ2n) is 4.53. The van der Waals surface area contributed by atoms with Crippen molar-refractivity contribution < 1.29 is 19.4 Å². The lowest BCUT2D eigenvalue weighted by Gasteiger charge is -2.15. The number of hydrogen-bond acceptors (Lipinski definition) is 3. The van der Waals surface area contributed by atoms with Crippen LogP contribution < -0.4 is 10.6 Å². The highest BCUT2D eigenvalue weighted by Gasteiger charge is 2.19. The molecule has 6 heteroatoms. The van der Waals surface area contributed by atoms with Crippen molar-refractivity contribution in [2.24, 2.45) is 0 Å². The molecule has 6 nitrogen and oxygen atoms in total. The van der Waals surface area contributed by atoms with Gasteiger partial charge in [-0.15, -0.1) is 0 Å². The monoisotopic (exact) mass is 294 g/mol. The highest BCUT2D eigenvalue weighted by atomic mass is 16.5. The average molecular weight is 294 g/mol. The third-order valence-electron chi connectivity index (χ3n) is 2.84. The zero-order valence-corrected chi connectivity index (χ0v) is 12.2. The molecule has 0 spiro atoms. The maximum Gasteiger partial charge on any atom is 0.326 e. The topological polar surface area (TPSA) is 87.7 Å². The maximum atomic E-state index is 11.7. The van der Waals surface area contributed by atoms with Crippen molar-refractivity contribution >= 4 is 12.0 Å². The summed E-state index contributed by atoms with van der Waals surface area (Å²) in [6.45, 7) is 3.57. The molecule has 0 saturated heterocycles. The predicted molar refractivity (Wildman–Crippen MR) is 79.2 cm³/mol. The molecule has 21 heavy (non-hydrogen) atoms. The van der Waals surface area contributed by atoms with Gasteiger partial charge in [-0.05, 0) is 18.9 Å². The summed E-state index contributed by atoms with van der Waals surface area (Å²) in [7, 11) is 0. The molecule has 1 aromatic rings. The van der Waals surface area contributed by atoms with Crippen LogP contribution in [0.1, 0.15) is 18.9 Å². The van der Waals surface area contributed by atoms with Gasteiger partial charge in [0.15, 0.2) is 0 Å². The number of carboxylic acids is 1. The van der Waals surface area contributed by atoms with Crippen molar-refractivity contribution in [3.63, 3.8) is 0 Å². The molecule has 0 fully saturated rings. The van der Waals surface area contributed by atoms with Crippen molar-refractivity contribution in [3.05, 3.63) is 35.9 Å². The van der Waals surface area contributed by atoms with Crippen LogP contribution in [0.3, 0.4) is 0 Å². The number of carboxylic acid groups (broad SMARTS) is 1. The van der Waals surface area contributed by atoms with Crippen molar-refractivity contribution in [1.29, 1.82) is 0 Å². The van der Waals surface area contributed by atoms with Gasteiger partial charge in [0.05, 0.1) is 0 Å². The third-order valence-corrected chi connectivity index (χ3v) is 2.84. The fraction of sp³-hybridized carbons (Fsp3) is 0.467. The SMILES string of the molecule is CCOCCCNC(=O)N[C@@H](Cc1ccccc1)C(=O)O. The number of benzene rings is 1. The molecule has 0 aliphatic heterocycles. The number of rotatable bonds is 9. The van der Waals surface area contributed by atoms with E-state index in [1.54, 1.807) is 0 Å². The van der Waals surface area contributed by atoms with Crippen molar-refractivity contribution in [2.75, 3.05) is 19.8 Å². The Hall–Kier alpha value is -2.08. The van der Waals surface area contributed by atoms with Gasteiger partial charge >= 0.3 is 12.0 Å². The highest BCUT2D eigenvalue weighted by molar-refractivity contribution is 5.82. The van der Waals surface area contributed by atoms with Gasteiger partial charge in [-0.3, -0.25) is 0 Å². The van der Waals surface area contributed by atoms with Gasteiger partial charge in [0.2, 0.25) is 0 Å². The number of aliphatic carboxylic acids is 1. The first kappa shape index (κ1) is 17.0. The Balaban J connectivity index is 2.36. The molecule has 0 aliphatic carbocycles. The predicted octanol–water partition coefficient (Wildman–Crippen LogP) is 1.41. The van der Waals surface area contributed by atoms with Gasteiger partial charge in [0.1, 0.15) is 6.04 Å². The average Bonchev–Trinajstić information content (AvgIpc) is 2.47. The number of ether oxygens (including phenoxy) is 1. The van der Waals surface area contributed by atoms with E-state index >= 15 is 0 Å². The zero-order chi connectivity index (χ0) is 15.5. The minimum atomic E-state index is -1.05. The second-order valence-corrected chi connectivity index (χ2v) is 4.53. The van der Waals surface area contributed by atoms with Crippen molar-refractivity contribution in [1.82, 2.24) is 10.6 Å². The van der Waals surface area contributed by atoms with E-state index in [2.05, 4.69) is 10.6 Å². The summed E-state index contributed by atoms with van der Waals surface area (Å²) in [5.74, 6) is -1.05. The van der Waals surface area contributed by atoms with Crippen molar-refractivity contribution in [2.45, 2.75) is 25.8 Å². The molecule has 1 rings (SSSR count). The summed E-state index contributed by atoms with van der Waals surface area (Å²) in [6, 6.07) is 7.77. The number of carbonyl (C=O) groups excluding carboxylic acids is 1. The minimum absolute atomic E-state index is 0.253. The zero-order valence-electron chi connectivity index (χ0n) is 12.2. The number of hydrogen-bond donors (Lipinski definition) is 3. The van der Waals surface area contributed by atoms with Crippen LogP contribution in [0.4, 0.5) is 4.79 Å². The summed E-state index contributed by atoms with van der Waals surface area (Å²) in [5.41, 5.74) is 0.863. The molecule has 0 heterocycles. The number of carbonyl (C=O) groups is 2. The lowest BCUT2D eigenvalue weighted by atomic mass is 10.1. The van der Waals surface area contributed by atoms with E-state index in [9.17, 15) is 9.59 Å². The Bertz CT molecular complexity index is 437. The number of urea groups is 1. The summed E-state index contributed by atoms with van der Waals surface area (Å²) in [6.07, 6.45) is 0.945. The van der Waals surface area contributed by atoms with Crippen LogP contribution in [-0.4, -0.2) is 42.9 Å². The van der Waals surface area contributed by atoms with Crippen LogP contribution in [-0.2, 0) is 16.0 Å². The smallest absolute Gasteiger partial charge is 0.326 e. The Morgan fingerprint density at radius 3 is 2.62 bits per heavy atom. The Morgan fingerprint density at radius 2 is 2.00 bits per heavy atom. The summed E-state index contributed by atoms with van der Waals surface area (Å²) in [4.78, 5) is 22.8. The van der Waals surface area contributed by atoms with E-state index < -0.39 is 18.0 Å². The largest absolute Gasteiger partial charge is 0.480 e. The van der Waals surface area contributed by atoms with Gasteiger partial charge < -0.3 is 20.5 Å². The quantitative estimate of drug-likeness (QED) is 0.601. The molecule has 3 N–H and O–H groups in total. The van der Waals surface area contributed by atoms with Crippen molar-refractivity contribution in [3.8, 4) is 0 Å². The molecule has 0 radical (unpaired) electrons. The second kappa shape index (κ2) is 9.77. The van der Waals surface area contributed by atoms with E-state index in [4.69, 9.17) is 9.84 Å². The fourth-order valence-corrected chi connectivity index (χ4v) is 1.78. The summed E-state index contributed by atoms with van der Waals surface area (Å²) >= 11 is 0. The van der Waals surface area contributed by atoms with Crippen LogP contribution >= 0.6 is 0 Å². The lowest BCUT2D eigenvalue weighted by molar-refractivity contribution is -0.139. The van der Waals surface area contributed by atoms with Crippen LogP contribution in [0.5, 0.6) is 0 Å². The molecule has 0 aromatic heterocycles. The molecule has 2 amide bonds. The summed E-state index contributed by atoms with van der Waals surface area (Å²) < 4.78 is 5.15. The highest BCUT2D eigenvalue weighted by Crippen LogP contribution is 2.03. The molecular weight excluding hydrogens is 272 g/mol. The van der Waals surface area contributed by atoms with Gasteiger partial charge in [-0.25, -0.2) is 9.59 Å². The normalized spacial score (nSPS) is 11.7. The van der Waals surface area contributed by atoms with E-state index in [0.29, 0.717) is 26.2 Å². The maximum absolute atomic E-state index is 11.7. The minimum Gasteiger partial charge on any atom is -0.480 e. The van der Waals surface area contributed by atoms with Crippen LogP contribution in [0.25, 0.3) is 0 Å². The molecule has 0 bridgehead atoms. The molecule has 1 aromatic carbocycles. The van der Waals surface area contributed by atoms with E-state index in [0.717, 1.165) is 5.56 Å². The molecule has 0 unspecified atom stereocenters. The van der Waals surface area contributed by atoms with Gasteiger partial charge in [-0.1, -0.05) is 30.3 Å². The van der Waals surface area contributed by atoms with Crippen LogP contribution in [0.2, 0.25) is 0 Å². The van der Waals surface area contributed by atoms with Crippen LogP contribution in [0, 0.1) is 0 Å².